The van der Waals surface area contributed by atoms with Gasteiger partial charge in [0.2, 0.25) is 5.88 Å². The Morgan fingerprint density at radius 1 is 1.18 bits per heavy atom. The van der Waals surface area contributed by atoms with Crippen LogP contribution in [0.15, 0.2) is 69.7 Å². The number of hydrogen-bond acceptors (Lipinski definition) is 7. The molecule has 9 heteroatoms. The van der Waals surface area contributed by atoms with Gasteiger partial charge >= 0.3 is 5.97 Å². The molecule has 1 unspecified atom stereocenters. The average molecular weight is 583 g/mol. The molecule has 200 valence electrons. The van der Waals surface area contributed by atoms with Gasteiger partial charge in [0.15, 0.2) is 12.4 Å². The second kappa shape index (κ2) is 11.0. The Kier molecular flexibility index (Phi) is 7.97. The molecule has 1 amide bonds. The highest BCUT2D eigenvalue weighted by molar-refractivity contribution is 9.10. The number of aryl methyl sites for hydroxylation is 1. The van der Waals surface area contributed by atoms with Crippen molar-refractivity contribution in [2.24, 2.45) is 11.1 Å². The fourth-order valence-corrected chi connectivity index (χ4v) is 5.33. The van der Waals surface area contributed by atoms with Crippen LogP contribution in [-0.2, 0) is 23.9 Å². The van der Waals surface area contributed by atoms with Crippen molar-refractivity contribution in [3.8, 4) is 5.75 Å². The van der Waals surface area contributed by atoms with E-state index in [9.17, 15) is 14.4 Å². The van der Waals surface area contributed by atoms with Gasteiger partial charge in [-0.2, -0.15) is 0 Å². The van der Waals surface area contributed by atoms with Crippen LogP contribution >= 0.6 is 15.9 Å². The minimum Gasteiger partial charge on any atom is -0.483 e. The van der Waals surface area contributed by atoms with E-state index >= 15 is 0 Å². The van der Waals surface area contributed by atoms with E-state index in [2.05, 4.69) is 21.2 Å². The van der Waals surface area contributed by atoms with E-state index in [0.717, 1.165) is 10.0 Å². The van der Waals surface area contributed by atoms with Crippen LogP contribution in [-0.4, -0.2) is 30.9 Å². The van der Waals surface area contributed by atoms with E-state index in [1.54, 1.807) is 37.3 Å². The molecule has 4 rings (SSSR count). The third kappa shape index (κ3) is 5.78. The van der Waals surface area contributed by atoms with Gasteiger partial charge in [-0.25, -0.2) is 4.79 Å². The minimum atomic E-state index is -0.852. The number of hydrogen-bond donors (Lipinski definition) is 2. The summed E-state index contributed by atoms with van der Waals surface area (Å²) in [5, 5.41) is 2.85. The molecule has 1 heterocycles. The van der Waals surface area contributed by atoms with Gasteiger partial charge in [-0.1, -0.05) is 48.0 Å². The number of benzene rings is 2. The zero-order chi connectivity index (χ0) is 27.6. The zero-order valence-electron chi connectivity index (χ0n) is 21.9. The van der Waals surface area contributed by atoms with Gasteiger partial charge in [0.1, 0.15) is 17.1 Å². The van der Waals surface area contributed by atoms with E-state index in [4.69, 9.17) is 19.9 Å². The van der Waals surface area contributed by atoms with E-state index in [1.807, 2.05) is 32.9 Å². The molecule has 1 aliphatic carbocycles. The van der Waals surface area contributed by atoms with Crippen molar-refractivity contribution in [2.45, 2.75) is 46.5 Å². The molecule has 1 aliphatic heterocycles. The Labute approximate surface area is 230 Å². The largest absolute Gasteiger partial charge is 0.483 e. The first-order valence-corrected chi connectivity index (χ1v) is 13.2. The van der Waals surface area contributed by atoms with Crippen LogP contribution in [0.2, 0.25) is 0 Å². The normalized spacial score (nSPS) is 18.4. The van der Waals surface area contributed by atoms with Crippen molar-refractivity contribution in [3.63, 3.8) is 0 Å². The number of Topliss-reactive ketones (excluding diaryl/α,β-unsaturated/α-hetero) is 1. The maximum absolute atomic E-state index is 13.4. The Bertz CT molecular complexity index is 1360. The summed E-state index contributed by atoms with van der Waals surface area (Å²) in [6.07, 6.45) is 0.777. The molecule has 2 aromatic rings. The molecule has 0 saturated heterocycles. The summed E-state index contributed by atoms with van der Waals surface area (Å²) in [6, 6.07) is 12.5. The van der Waals surface area contributed by atoms with Crippen LogP contribution in [0, 0.1) is 12.3 Å². The molecule has 2 aliphatic rings. The molecule has 8 nitrogen and oxygen atoms in total. The molecule has 1 atom stereocenters. The quantitative estimate of drug-likeness (QED) is 0.427. The van der Waals surface area contributed by atoms with E-state index in [-0.39, 0.29) is 41.8 Å². The van der Waals surface area contributed by atoms with Gasteiger partial charge in [0, 0.05) is 34.1 Å². The highest BCUT2D eigenvalue weighted by Gasteiger charge is 2.45. The van der Waals surface area contributed by atoms with E-state index in [0.29, 0.717) is 41.2 Å². The molecule has 38 heavy (non-hydrogen) atoms. The second-order valence-electron chi connectivity index (χ2n) is 10.1. The molecule has 0 radical (unpaired) electrons. The summed E-state index contributed by atoms with van der Waals surface area (Å²) in [6.45, 7) is 7.39. The number of para-hydroxylation sites is 1. The Morgan fingerprint density at radius 2 is 1.92 bits per heavy atom. The number of anilines is 1. The van der Waals surface area contributed by atoms with Gasteiger partial charge in [0.25, 0.3) is 5.91 Å². The lowest BCUT2D eigenvalue weighted by atomic mass is 9.70. The number of esters is 1. The smallest absolute Gasteiger partial charge is 0.340 e. The number of nitrogens with one attached hydrogen (secondary N) is 1. The number of nitrogens with two attached hydrogens (primary N) is 1. The monoisotopic (exact) mass is 582 g/mol. The van der Waals surface area contributed by atoms with Crippen molar-refractivity contribution in [1.82, 2.24) is 0 Å². The van der Waals surface area contributed by atoms with Crippen LogP contribution in [0.5, 0.6) is 5.75 Å². The number of carbonyl (C=O) groups excluding carboxylic acids is 3. The van der Waals surface area contributed by atoms with Gasteiger partial charge < -0.3 is 25.3 Å². The predicted molar refractivity (Wildman–Crippen MR) is 146 cm³/mol. The standard InChI is InChI=1S/C29H31BrN2O6/c1-5-36-28(35)26-24(25-20(33)13-29(3,4)14-22(25)38-27(26)31)18-8-6-7-9-21(18)37-15-23(34)32-19-11-10-17(30)12-16(19)2/h6-12,24H,5,13-15,31H2,1-4H3,(H,32,34). The third-order valence-corrected chi connectivity index (χ3v) is 6.99. The maximum atomic E-state index is 13.4. The van der Waals surface area contributed by atoms with Crippen LogP contribution in [0.3, 0.4) is 0 Å². The number of allylic oxidation sites excluding steroid dienone is 2. The summed E-state index contributed by atoms with van der Waals surface area (Å²) in [4.78, 5) is 39.2. The van der Waals surface area contributed by atoms with Crippen molar-refractivity contribution in [3.05, 3.63) is 80.9 Å². The zero-order valence-corrected chi connectivity index (χ0v) is 23.4. The van der Waals surface area contributed by atoms with Gasteiger partial charge in [-0.15, -0.1) is 0 Å². The molecular formula is C29H31BrN2O6. The molecular weight excluding hydrogens is 552 g/mol. The fraction of sp³-hybridized carbons (Fsp3) is 0.345. The van der Waals surface area contributed by atoms with Gasteiger partial charge in [-0.05, 0) is 49.1 Å². The van der Waals surface area contributed by atoms with Crippen LogP contribution in [0.1, 0.15) is 50.7 Å². The molecule has 0 fully saturated rings. The van der Waals surface area contributed by atoms with E-state index < -0.39 is 11.9 Å². The third-order valence-electron chi connectivity index (χ3n) is 6.50. The lowest BCUT2D eigenvalue weighted by Gasteiger charge is -2.38. The van der Waals surface area contributed by atoms with Gasteiger partial charge in [-0.3, -0.25) is 9.59 Å². The van der Waals surface area contributed by atoms with Crippen molar-refractivity contribution in [2.75, 3.05) is 18.5 Å². The summed E-state index contributed by atoms with van der Waals surface area (Å²) in [5.41, 5.74) is 8.45. The summed E-state index contributed by atoms with van der Waals surface area (Å²) < 4.78 is 18.0. The molecule has 0 bridgehead atoms. The first-order valence-electron chi connectivity index (χ1n) is 12.4. The van der Waals surface area contributed by atoms with Crippen LogP contribution in [0.4, 0.5) is 5.69 Å². The number of carbonyl (C=O) groups is 3. The minimum absolute atomic E-state index is 0.0460. The maximum Gasteiger partial charge on any atom is 0.340 e. The predicted octanol–water partition coefficient (Wildman–Crippen LogP) is 5.27. The molecule has 2 aromatic carbocycles. The Balaban J connectivity index is 1.68. The first kappa shape index (κ1) is 27.4. The number of ether oxygens (including phenoxy) is 3. The number of amides is 1. The van der Waals surface area contributed by atoms with Crippen LogP contribution < -0.4 is 15.8 Å². The number of halogens is 1. The summed E-state index contributed by atoms with van der Waals surface area (Å²) in [5.74, 6) is -1.31. The fourth-order valence-electron chi connectivity index (χ4n) is 4.85. The van der Waals surface area contributed by atoms with Crippen molar-refractivity contribution in [1.29, 1.82) is 0 Å². The topological polar surface area (TPSA) is 117 Å². The average Bonchev–Trinajstić information content (AvgIpc) is 2.83. The molecule has 3 N–H and O–H groups in total. The number of rotatable bonds is 7. The first-order chi connectivity index (χ1) is 18.0. The summed E-state index contributed by atoms with van der Waals surface area (Å²) >= 11 is 3.41. The van der Waals surface area contributed by atoms with Crippen molar-refractivity contribution >= 4 is 39.3 Å². The lowest BCUT2D eigenvalue weighted by molar-refractivity contribution is -0.139. The second-order valence-corrected chi connectivity index (χ2v) is 11.1. The Morgan fingerprint density at radius 3 is 2.63 bits per heavy atom. The van der Waals surface area contributed by atoms with Crippen molar-refractivity contribution < 1.29 is 28.6 Å². The summed E-state index contributed by atoms with van der Waals surface area (Å²) in [7, 11) is 0. The molecule has 0 spiro atoms. The number of ketones is 1. The molecule has 0 saturated carbocycles. The highest BCUT2D eigenvalue weighted by Crippen LogP contribution is 2.49. The molecule has 0 aromatic heterocycles. The van der Waals surface area contributed by atoms with Gasteiger partial charge in [0.05, 0.1) is 12.5 Å². The Hall–Kier alpha value is -3.59. The SMILES string of the molecule is CCOC(=O)C1=C(N)OC2=C(C(=O)CC(C)(C)C2)C1c1ccccc1OCC(=O)Nc1ccc(Br)cc1C. The lowest BCUT2D eigenvalue weighted by Crippen LogP contribution is -2.36. The van der Waals surface area contributed by atoms with Crippen LogP contribution in [0.25, 0.3) is 0 Å². The highest BCUT2D eigenvalue weighted by atomic mass is 79.9. The van der Waals surface area contributed by atoms with E-state index in [1.165, 1.54) is 0 Å².